The van der Waals surface area contributed by atoms with E-state index in [2.05, 4.69) is 10.6 Å². The van der Waals surface area contributed by atoms with Crippen molar-refractivity contribution in [1.82, 2.24) is 10.6 Å². The van der Waals surface area contributed by atoms with Crippen LogP contribution in [0.25, 0.3) is 0 Å². The van der Waals surface area contributed by atoms with Gasteiger partial charge in [0.15, 0.2) is 0 Å². The molecule has 0 aliphatic heterocycles. The number of hydrogen-bond acceptors (Lipinski definition) is 2. The van der Waals surface area contributed by atoms with Crippen LogP contribution in [0.2, 0.25) is 0 Å². The highest BCUT2D eigenvalue weighted by atomic mass is 19.1. The van der Waals surface area contributed by atoms with Crippen molar-refractivity contribution in [3.8, 4) is 0 Å². The number of halogens is 1. The summed E-state index contributed by atoms with van der Waals surface area (Å²) < 4.78 is 13.0. The van der Waals surface area contributed by atoms with E-state index in [1.54, 1.807) is 12.1 Å². The smallest absolute Gasteiger partial charge is 0.230 e. The second kappa shape index (κ2) is 6.15. The lowest BCUT2D eigenvalue weighted by Gasteiger charge is -2.28. The van der Waals surface area contributed by atoms with Crippen LogP contribution < -0.4 is 10.6 Å². The molecule has 104 valence electrons. The Morgan fingerprint density at radius 2 is 1.84 bits per heavy atom. The van der Waals surface area contributed by atoms with Crippen LogP contribution in [0.5, 0.6) is 0 Å². The number of nitrogens with one attached hydrogen (secondary N) is 2. The van der Waals surface area contributed by atoms with E-state index >= 15 is 0 Å². The van der Waals surface area contributed by atoms with Gasteiger partial charge in [0.25, 0.3) is 0 Å². The summed E-state index contributed by atoms with van der Waals surface area (Å²) in [6, 6.07) is 6.38. The zero-order valence-corrected chi connectivity index (χ0v) is 11.3. The Bertz CT molecular complexity index is 424. The minimum absolute atomic E-state index is 0.0758. The van der Waals surface area contributed by atoms with Crippen LogP contribution >= 0.6 is 0 Å². The molecule has 1 aliphatic rings. The Morgan fingerprint density at radius 3 is 2.42 bits per heavy atom. The average molecular weight is 264 g/mol. The predicted molar refractivity (Wildman–Crippen MR) is 73.5 cm³/mol. The molecule has 0 atom stereocenters. The van der Waals surface area contributed by atoms with Crippen LogP contribution in [-0.4, -0.2) is 26.0 Å². The largest absolute Gasteiger partial charge is 0.354 e. The number of amides is 1. The van der Waals surface area contributed by atoms with Gasteiger partial charge < -0.3 is 10.6 Å². The van der Waals surface area contributed by atoms with Crippen LogP contribution in [0.3, 0.4) is 0 Å². The Hall–Kier alpha value is -1.42. The molecule has 2 N–H and O–H groups in total. The van der Waals surface area contributed by atoms with Crippen molar-refractivity contribution in [1.29, 1.82) is 0 Å². The van der Waals surface area contributed by atoms with Crippen molar-refractivity contribution >= 4 is 5.91 Å². The first-order valence-corrected chi connectivity index (χ1v) is 6.88. The van der Waals surface area contributed by atoms with Gasteiger partial charge in [-0.1, -0.05) is 25.0 Å². The Balaban J connectivity index is 2.17. The molecule has 0 unspecified atom stereocenters. The fraction of sp³-hybridized carbons (Fsp3) is 0.533. The molecule has 1 aromatic rings. The van der Waals surface area contributed by atoms with Crippen molar-refractivity contribution < 1.29 is 9.18 Å². The standard InChI is InChI=1S/C15H21FN2O/c1-17-10-11-18-14(19)15(8-2-3-9-15)12-4-6-13(16)7-5-12/h4-7,17H,2-3,8-11H2,1H3,(H,18,19). The van der Waals surface area contributed by atoms with Gasteiger partial charge in [0.1, 0.15) is 5.82 Å². The van der Waals surface area contributed by atoms with Crippen LogP contribution in [0.4, 0.5) is 4.39 Å². The van der Waals surface area contributed by atoms with E-state index in [9.17, 15) is 9.18 Å². The molecule has 1 aliphatic carbocycles. The molecule has 1 amide bonds. The number of benzene rings is 1. The molecule has 4 heteroatoms. The quantitative estimate of drug-likeness (QED) is 0.798. The van der Waals surface area contributed by atoms with E-state index in [0.29, 0.717) is 6.54 Å². The summed E-state index contributed by atoms with van der Waals surface area (Å²) in [5.41, 5.74) is 0.481. The second-order valence-corrected chi connectivity index (χ2v) is 5.16. The molecule has 19 heavy (non-hydrogen) atoms. The minimum Gasteiger partial charge on any atom is -0.354 e. The minimum atomic E-state index is -0.457. The molecule has 0 bridgehead atoms. The first kappa shape index (κ1) is 14.0. The zero-order valence-electron chi connectivity index (χ0n) is 11.3. The lowest BCUT2D eigenvalue weighted by Crippen LogP contribution is -2.44. The van der Waals surface area contributed by atoms with E-state index in [1.165, 1.54) is 12.1 Å². The third-order valence-electron chi connectivity index (χ3n) is 3.95. The summed E-state index contributed by atoms with van der Waals surface area (Å²) in [4.78, 5) is 12.5. The number of carbonyl (C=O) groups excluding carboxylic acids is 1. The SMILES string of the molecule is CNCCNC(=O)C1(c2ccc(F)cc2)CCCC1. The molecule has 2 rings (SSSR count). The topological polar surface area (TPSA) is 41.1 Å². The predicted octanol–water partition coefficient (Wildman–Crippen LogP) is 1.97. The van der Waals surface area contributed by atoms with E-state index < -0.39 is 5.41 Å². The lowest BCUT2D eigenvalue weighted by molar-refractivity contribution is -0.126. The van der Waals surface area contributed by atoms with E-state index in [0.717, 1.165) is 37.8 Å². The summed E-state index contributed by atoms with van der Waals surface area (Å²) in [5.74, 6) is -0.181. The molecule has 1 saturated carbocycles. The monoisotopic (exact) mass is 264 g/mol. The van der Waals surface area contributed by atoms with Crippen molar-refractivity contribution in [2.45, 2.75) is 31.1 Å². The van der Waals surface area contributed by atoms with Crippen LogP contribution in [0.15, 0.2) is 24.3 Å². The van der Waals surface area contributed by atoms with Gasteiger partial charge in [0.2, 0.25) is 5.91 Å². The summed E-state index contributed by atoms with van der Waals surface area (Å²) in [6.07, 6.45) is 3.81. The van der Waals surface area contributed by atoms with Crippen LogP contribution in [0.1, 0.15) is 31.2 Å². The van der Waals surface area contributed by atoms with Gasteiger partial charge in [-0.15, -0.1) is 0 Å². The van der Waals surface area contributed by atoms with Gasteiger partial charge in [-0.2, -0.15) is 0 Å². The van der Waals surface area contributed by atoms with Gasteiger partial charge in [-0.3, -0.25) is 4.79 Å². The summed E-state index contributed by atoms with van der Waals surface area (Å²) in [7, 11) is 1.86. The number of hydrogen-bond donors (Lipinski definition) is 2. The highest BCUT2D eigenvalue weighted by Gasteiger charge is 2.42. The molecule has 0 saturated heterocycles. The van der Waals surface area contributed by atoms with E-state index in [1.807, 2.05) is 7.05 Å². The first-order valence-electron chi connectivity index (χ1n) is 6.88. The third kappa shape index (κ3) is 2.95. The Morgan fingerprint density at radius 1 is 1.21 bits per heavy atom. The fourth-order valence-electron chi connectivity index (χ4n) is 2.86. The molecule has 1 fully saturated rings. The normalized spacial score (nSPS) is 17.4. The molecule has 0 heterocycles. The molecular weight excluding hydrogens is 243 g/mol. The van der Waals surface area contributed by atoms with Gasteiger partial charge in [0, 0.05) is 13.1 Å². The van der Waals surface area contributed by atoms with Crippen LogP contribution in [0, 0.1) is 5.82 Å². The van der Waals surface area contributed by atoms with Crippen molar-refractivity contribution in [2.75, 3.05) is 20.1 Å². The maximum Gasteiger partial charge on any atom is 0.230 e. The van der Waals surface area contributed by atoms with Crippen molar-refractivity contribution in [2.24, 2.45) is 0 Å². The summed E-state index contributed by atoms with van der Waals surface area (Å²) >= 11 is 0. The summed E-state index contributed by atoms with van der Waals surface area (Å²) in [6.45, 7) is 1.38. The third-order valence-corrected chi connectivity index (χ3v) is 3.95. The Labute approximate surface area is 113 Å². The Kier molecular flexibility index (Phi) is 4.53. The van der Waals surface area contributed by atoms with E-state index in [4.69, 9.17) is 0 Å². The number of carbonyl (C=O) groups is 1. The second-order valence-electron chi connectivity index (χ2n) is 5.16. The molecule has 0 spiro atoms. The number of rotatable bonds is 5. The fourth-order valence-corrected chi connectivity index (χ4v) is 2.86. The zero-order chi connectivity index (χ0) is 13.7. The van der Waals surface area contributed by atoms with E-state index in [-0.39, 0.29) is 11.7 Å². The maximum absolute atomic E-state index is 13.0. The van der Waals surface area contributed by atoms with Gasteiger partial charge in [-0.05, 0) is 37.6 Å². The highest BCUT2D eigenvalue weighted by Crippen LogP contribution is 2.41. The maximum atomic E-state index is 13.0. The van der Waals surface area contributed by atoms with Crippen molar-refractivity contribution in [3.63, 3.8) is 0 Å². The lowest BCUT2D eigenvalue weighted by atomic mass is 9.78. The van der Waals surface area contributed by atoms with Crippen LogP contribution in [-0.2, 0) is 10.2 Å². The van der Waals surface area contributed by atoms with Crippen molar-refractivity contribution in [3.05, 3.63) is 35.6 Å². The molecular formula is C15H21FN2O. The van der Waals surface area contributed by atoms with Gasteiger partial charge in [-0.25, -0.2) is 4.39 Å². The molecule has 1 aromatic carbocycles. The molecule has 0 aromatic heterocycles. The number of likely N-dealkylation sites (N-methyl/N-ethyl adjacent to an activating group) is 1. The summed E-state index contributed by atoms with van der Waals surface area (Å²) in [5, 5.41) is 5.99. The first-order chi connectivity index (χ1) is 9.19. The highest BCUT2D eigenvalue weighted by molar-refractivity contribution is 5.88. The average Bonchev–Trinajstić information content (AvgIpc) is 2.90. The van der Waals surface area contributed by atoms with Gasteiger partial charge >= 0.3 is 0 Å². The molecule has 0 radical (unpaired) electrons. The molecule has 3 nitrogen and oxygen atoms in total. The van der Waals surface area contributed by atoms with Gasteiger partial charge in [0.05, 0.1) is 5.41 Å².